The van der Waals surface area contributed by atoms with Gasteiger partial charge in [-0.15, -0.1) is 4.98 Å². The summed E-state index contributed by atoms with van der Waals surface area (Å²) in [6, 6.07) is 12.7. The van der Waals surface area contributed by atoms with Crippen molar-refractivity contribution in [1.82, 2.24) is 19.4 Å². The van der Waals surface area contributed by atoms with Crippen molar-refractivity contribution in [2.45, 2.75) is 78.6 Å². The minimum atomic E-state index is -0.307. The van der Waals surface area contributed by atoms with Crippen LogP contribution in [0.1, 0.15) is 66.0 Å². The highest BCUT2D eigenvalue weighted by molar-refractivity contribution is 5.87. The number of benzene rings is 1. The number of ether oxygens (including phenoxy) is 1. The van der Waals surface area contributed by atoms with Crippen molar-refractivity contribution >= 4 is 22.7 Å². The van der Waals surface area contributed by atoms with Crippen LogP contribution in [-0.2, 0) is 7.05 Å². The maximum absolute atomic E-state index is 12.9. The number of anilines is 1. The predicted molar refractivity (Wildman–Crippen MR) is 153 cm³/mol. The summed E-state index contributed by atoms with van der Waals surface area (Å²) in [5, 5.41) is 0. The fraction of sp³-hybridized carbons (Fsp3) is 0.533. The summed E-state index contributed by atoms with van der Waals surface area (Å²) in [7, 11) is 1.70. The summed E-state index contributed by atoms with van der Waals surface area (Å²) < 4.78 is 7.39. The van der Waals surface area contributed by atoms with Crippen molar-refractivity contribution in [2.24, 2.45) is 13.0 Å². The summed E-state index contributed by atoms with van der Waals surface area (Å²) >= 11 is 0. The van der Waals surface area contributed by atoms with Gasteiger partial charge in [-0.1, -0.05) is 46.4 Å². The molecule has 8 heteroatoms. The first-order valence-electron chi connectivity index (χ1n) is 13.7. The van der Waals surface area contributed by atoms with Crippen LogP contribution in [-0.4, -0.2) is 50.7 Å². The molecule has 0 N–H and O–H groups in total. The summed E-state index contributed by atoms with van der Waals surface area (Å²) in [6.45, 7) is 22.1. The van der Waals surface area contributed by atoms with Gasteiger partial charge in [-0.25, -0.2) is 4.79 Å². The van der Waals surface area contributed by atoms with Crippen LogP contribution in [0, 0.1) is 12.5 Å². The van der Waals surface area contributed by atoms with Crippen LogP contribution in [0.15, 0.2) is 41.2 Å². The van der Waals surface area contributed by atoms with Crippen molar-refractivity contribution in [2.75, 3.05) is 18.0 Å². The van der Waals surface area contributed by atoms with E-state index in [0.29, 0.717) is 28.6 Å². The first kappa shape index (κ1) is 27.6. The van der Waals surface area contributed by atoms with E-state index >= 15 is 0 Å². The van der Waals surface area contributed by atoms with E-state index in [-0.39, 0.29) is 29.9 Å². The molecular weight excluding hydrogens is 476 g/mol. The van der Waals surface area contributed by atoms with Crippen LogP contribution in [0.4, 0.5) is 11.6 Å². The molecule has 1 aliphatic rings. The van der Waals surface area contributed by atoms with Gasteiger partial charge in [0.2, 0.25) is 5.52 Å². The Bertz CT molecular complexity index is 1360. The van der Waals surface area contributed by atoms with Crippen molar-refractivity contribution in [3.63, 3.8) is 0 Å². The number of fused-ring (bicyclic) bond motifs is 1. The lowest BCUT2D eigenvalue weighted by molar-refractivity contribution is 0.0673. The average molecular weight is 517 g/mol. The van der Waals surface area contributed by atoms with E-state index in [4.69, 9.17) is 11.3 Å². The highest BCUT2D eigenvalue weighted by Crippen LogP contribution is 2.37. The molecule has 202 valence electrons. The largest absolute Gasteiger partial charge is 0.491 e. The van der Waals surface area contributed by atoms with Gasteiger partial charge in [-0.3, -0.25) is 9.47 Å². The molecule has 3 aromatic rings. The SMILES string of the molecule is [C-]#[N+]c1ccc2c(n1)c(N1C[C@@H](CC)N(C(c3ccc(OC(C)C)cc3)C(C)C)C[C@@H]1CC)nc(=O)n2C. The Morgan fingerprint density at radius 1 is 1.00 bits per heavy atom. The van der Waals surface area contributed by atoms with Crippen LogP contribution >= 0.6 is 0 Å². The molecular formula is C30H40N6O2. The van der Waals surface area contributed by atoms with Crippen LogP contribution in [0.3, 0.4) is 0 Å². The summed E-state index contributed by atoms with van der Waals surface area (Å²) in [5.74, 6) is 2.21. The van der Waals surface area contributed by atoms with E-state index in [2.05, 4.69) is 76.6 Å². The van der Waals surface area contributed by atoms with Crippen LogP contribution in [0.25, 0.3) is 15.9 Å². The van der Waals surface area contributed by atoms with Gasteiger partial charge in [0.1, 0.15) is 5.75 Å². The molecule has 0 spiro atoms. The number of hydrogen-bond donors (Lipinski definition) is 0. The standard InChI is InChI=1S/C30H40N6O2/c1-9-22-18-36(29-27-25(34(8)30(37)33-29)15-16-26(31-7)32-27)23(10-2)17-35(22)28(19(3)4)21-11-13-24(14-12-21)38-20(5)6/h11-16,19-20,22-23,28H,9-10,17-18H2,1-6,8H3/t22-,23+,28?/m1/s1. The third kappa shape index (κ3) is 5.39. The summed E-state index contributed by atoms with van der Waals surface area (Å²) in [6.07, 6.45) is 2.01. The molecule has 4 rings (SSSR count). The summed E-state index contributed by atoms with van der Waals surface area (Å²) in [4.78, 5) is 30.4. The van der Waals surface area contributed by atoms with Gasteiger partial charge in [0.25, 0.3) is 5.82 Å². The lowest BCUT2D eigenvalue weighted by atomic mass is 9.90. The Kier molecular flexibility index (Phi) is 8.37. The molecule has 0 radical (unpaired) electrons. The van der Waals surface area contributed by atoms with Gasteiger partial charge in [-0.2, -0.15) is 4.98 Å². The second-order valence-electron chi connectivity index (χ2n) is 10.8. The Morgan fingerprint density at radius 2 is 1.68 bits per heavy atom. The van der Waals surface area contributed by atoms with Gasteiger partial charge in [0.15, 0.2) is 5.82 Å². The van der Waals surface area contributed by atoms with Gasteiger partial charge < -0.3 is 14.5 Å². The third-order valence-electron chi connectivity index (χ3n) is 7.57. The zero-order valence-corrected chi connectivity index (χ0v) is 23.7. The third-order valence-corrected chi connectivity index (χ3v) is 7.57. The van der Waals surface area contributed by atoms with E-state index in [9.17, 15) is 4.79 Å². The fourth-order valence-electron chi connectivity index (χ4n) is 5.72. The molecule has 2 aromatic heterocycles. The van der Waals surface area contributed by atoms with E-state index < -0.39 is 0 Å². The number of nitrogens with zero attached hydrogens (tertiary/aromatic N) is 6. The number of piperazine rings is 1. The zero-order valence-electron chi connectivity index (χ0n) is 23.7. The zero-order chi connectivity index (χ0) is 27.6. The molecule has 0 aliphatic carbocycles. The van der Waals surface area contributed by atoms with Crippen LogP contribution in [0.2, 0.25) is 0 Å². The Labute approximate surface area is 226 Å². The quantitative estimate of drug-likeness (QED) is 0.356. The predicted octanol–water partition coefficient (Wildman–Crippen LogP) is 5.74. The molecule has 38 heavy (non-hydrogen) atoms. The van der Waals surface area contributed by atoms with Gasteiger partial charge in [-0.05, 0) is 62.4 Å². The Hall–Kier alpha value is -3.44. The van der Waals surface area contributed by atoms with Gasteiger partial charge >= 0.3 is 5.69 Å². The molecule has 0 bridgehead atoms. The van der Waals surface area contributed by atoms with E-state index in [1.807, 2.05) is 13.8 Å². The monoisotopic (exact) mass is 516 g/mol. The maximum Gasteiger partial charge on any atom is 0.350 e. The van der Waals surface area contributed by atoms with Crippen molar-refractivity contribution in [1.29, 1.82) is 0 Å². The second kappa shape index (κ2) is 11.5. The molecule has 8 nitrogen and oxygen atoms in total. The van der Waals surface area contributed by atoms with E-state index in [1.54, 1.807) is 19.2 Å². The molecule has 1 fully saturated rings. The average Bonchev–Trinajstić information content (AvgIpc) is 2.90. The molecule has 1 unspecified atom stereocenters. The molecule has 3 atom stereocenters. The number of hydrogen-bond acceptors (Lipinski definition) is 6. The lowest BCUT2D eigenvalue weighted by Gasteiger charge is -2.50. The molecule has 1 saturated heterocycles. The minimum absolute atomic E-state index is 0.143. The molecule has 0 amide bonds. The number of pyridine rings is 1. The number of aromatic nitrogens is 3. The van der Waals surface area contributed by atoms with Gasteiger partial charge in [0.05, 0.1) is 11.6 Å². The van der Waals surface area contributed by atoms with E-state index in [0.717, 1.165) is 31.7 Å². The number of aryl methyl sites for hydroxylation is 1. The van der Waals surface area contributed by atoms with Crippen molar-refractivity contribution < 1.29 is 4.74 Å². The van der Waals surface area contributed by atoms with Gasteiger partial charge in [0, 0.05) is 38.3 Å². The molecule has 1 aromatic carbocycles. The normalized spacial score (nSPS) is 19.2. The first-order valence-corrected chi connectivity index (χ1v) is 13.7. The topological polar surface area (TPSA) is 67.9 Å². The molecule has 1 aliphatic heterocycles. The highest BCUT2D eigenvalue weighted by Gasteiger charge is 2.39. The first-order chi connectivity index (χ1) is 18.2. The Morgan fingerprint density at radius 3 is 2.26 bits per heavy atom. The lowest BCUT2D eigenvalue weighted by Crippen LogP contribution is -2.60. The minimum Gasteiger partial charge on any atom is -0.491 e. The maximum atomic E-state index is 12.9. The molecule has 0 saturated carbocycles. The fourth-order valence-corrected chi connectivity index (χ4v) is 5.72. The van der Waals surface area contributed by atoms with E-state index in [1.165, 1.54) is 10.1 Å². The number of rotatable bonds is 8. The van der Waals surface area contributed by atoms with Crippen LogP contribution in [0.5, 0.6) is 5.75 Å². The summed E-state index contributed by atoms with van der Waals surface area (Å²) in [5.41, 5.74) is 2.29. The smallest absolute Gasteiger partial charge is 0.350 e. The molecule has 3 heterocycles. The van der Waals surface area contributed by atoms with Crippen molar-refractivity contribution in [3.8, 4) is 5.75 Å². The van der Waals surface area contributed by atoms with Crippen LogP contribution < -0.4 is 15.3 Å². The van der Waals surface area contributed by atoms with Crippen molar-refractivity contribution in [3.05, 3.63) is 63.9 Å². The Balaban J connectivity index is 1.73. The second-order valence-corrected chi connectivity index (χ2v) is 10.8. The highest BCUT2D eigenvalue weighted by atomic mass is 16.5.